The summed E-state index contributed by atoms with van der Waals surface area (Å²) in [4.78, 5) is 0. The Balaban J connectivity index is -0.0000000676. The second-order valence-electron chi connectivity index (χ2n) is 4.79. The fraction of sp³-hybridized carbons (Fsp3) is 0.444. The second kappa shape index (κ2) is 21.5. The van der Waals surface area contributed by atoms with Gasteiger partial charge in [-0.15, -0.1) is 37.7 Å². The van der Waals surface area contributed by atoms with E-state index < -0.39 is 0 Å². The van der Waals surface area contributed by atoms with E-state index in [9.17, 15) is 0 Å². The summed E-state index contributed by atoms with van der Waals surface area (Å²) in [5.41, 5.74) is 2.73. The average Bonchev–Trinajstić information content (AvgIpc) is 3.06. The standard InChI is InChI=1S/2C8H11.2CH3.2ClH.H2Si.Ti/c2*1-7(2)8-5-3-4-6-8;;;;;;/h2*3,5,7H,4H2,1-2H3;2*1H3;2*1H;1H2;/q4*-1;;;;. The molecule has 0 nitrogen and oxygen atoms in total. The van der Waals surface area contributed by atoms with E-state index in [-0.39, 0.29) is 39.7 Å². The zero-order chi connectivity index (χ0) is 14.0. The molecule has 0 amide bonds. The first-order valence-corrected chi connectivity index (χ1v) is 10.5. The molecular formula is C18H32Cl2SiTi-4. The summed E-state index contributed by atoms with van der Waals surface area (Å²) in [6.45, 7) is 8.77. The first-order valence-electron chi connectivity index (χ1n) is 6.51. The van der Waals surface area contributed by atoms with Crippen LogP contribution in [0.2, 0.25) is 0 Å². The first kappa shape index (κ1) is 33.9. The zero-order valence-electron chi connectivity index (χ0n) is 14.9. The minimum atomic E-state index is 0. The Labute approximate surface area is 165 Å². The van der Waals surface area contributed by atoms with Gasteiger partial charge < -0.3 is 14.9 Å². The van der Waals surface area contributed by atoms with Crippen LogP contribution in [-0.4, -0.2) is 7.63 Å². The van der Waals surface area contributed by atoms with Gasteiger partial charge in [-0.2, -0.15) is 12.2 Å². The van der Waals surface area contributed by atoms with E-state index in [2.05, 4.69) is 64.2 Å². The van der Waals surface area contributed by atoms with Crippen molar-refractivity contribution in [2.45, 2.75) is 40.5 Å². The minimum absolute atomic E-state index is 0. The number of halogens is 2. The van der Waals surface area contributed by atoms with Crippen LogP contribution in [0.1, 0.15) is 40.5 Å². The van der Waals surface area contributed by atoms with Crippen LogP contribution in [-0.2, 0) is 19.2 Å². The maximum atomic E-state index is 3.26. The summed E-state index contributed by atoms with van der Waals surface area (Å²) in [5.74, 6) is 1.32. The van der Waals surface area contributed by atoms with Crippen molar-refractivity contribution in [2.75, 3.05) is 0 Å². The third-order valence-electron chi connectivity index (χ3n) is 2.69. The number of hydrogen-bond donors (Lipinski definition) is 0. The molecular weight excluding hydrogens is 363 g/mol. The summed E-state index contributed by atoms with van der Waals surface area (Å²) in [6.07, 6.45) is 17.2. The SMILES string of the molecule is CC(C)C1=[C-]CC=C1.CC(C)C1=[C-]CC=C1.Cl.Cl.[CH3-].[CH3-].[SiH2]=[Ti]. The van der Waals surface area contributed by atoms with Gasteiger partial charge in [-0.3, -0.25) is 12.2 Å². The van der Waals surface area contributed by atoms with Crippen molar-refractivity contribution in [1.29, 1.82) is 0 Å². The van der Waals surface area contributed by atoms with E-state index in [4.69, 9.17) is 0 Å². The van der Waals surface area contributed by atoms with Gasteiger partial charge in [0.1, 0.15) is 0 Å². The molecule has 0 saturated heterocycles. The van der Waals surface area contributed by atoms with Gasteiger partial charge in [-0.05, 0) is 0 Å². The fourth-order valence-corrected chi connectivity index (χ4v) is 1.64. The molecule has 2 aliphatic rings. The molecule has 0 heterocycles. The van der Waals surface area contributed by atoms with Crippen molar-refractivity contribution in [1.82, 2.24) is 0 Å². The molecule has 0 spiro atoms. The molecule has 0 atom stereocenters. The topological polar surface area (TPSA) is 0 Å². The summed E-state index contributed by atoms with van der Waals surface area (Å²) in [7, 11) is 1.86. The molecule has 0 aromatic carbocycles. The van der Waals surface area contributed by atoms with Gasteiger partial charge >= 0.3 is 26.8 Å². The van der Waals surface area contributed by atoms with E-state index in [1.165, 1.54) is 11.1 Å². The van der Waals surface area contributed by atoms with Crippen LogP contribution in [0, 0.1) is 38.8 Å². The van der Waals surface area contributed by atoms with E-state index in [0.29, 0.717) is 11.8 Å². The average molecular weight is 395 g/mol. The monoisotopic (exact) mass is 394 g/mol. The van der Waals surface area contributed by atoms with Crippen molar-refractivity contribution < 1.29 is 19.2 Å². The van der Waals surface area contributed by atoms with Gasteiger partial charge in [0.2, 0.25) is 0 Å². The van der Waals surface area contributed by atoms with Crippen LogP contribution >= 0.6 is 24.8 Å². The molecule has 0 aliphatic heterocycles. The third kappa shape index (κ3) is 15.4. The van der Waals surface area contributed by atoms with Gasteiger partial charge in [0.15, 0.2) is 0 Å². The molecule has 22 heavy (non-hydrogen) atoms. The predicted octanol–water partition coefficient (Wildman–Crippen LogP) is 5.49. The summed E-state index contributed by atoms with van der Waals surface area (Å²) < 4.78 is 0. The summed E-state index contributed by atoms with van der Waals surface area (Å²) >= 11 is 2.03. The van der Waals surface area contributed by atoms with Crippen molar-refractivity contribution in [3.05, 3.63) is 62.5 Å². The molecule has 0 radical (unpaired) electrons. The van der Waals surface area contributed by atoms with Crippen LogP contribution in [0.5, 0.6) is 0 Å². The second-order valence-corrected chi connectivity index (χ2v) is 4.79. The van der Waals surface area contributed by atoms with Crippen molar-refractivity contribution in [2.24, 2.45) is 11.8 Å². The van der Waals surface area contributed by atoms with E-state index in [1.54, 1.807) is 0 Å². The van der Waals surface area contributed by atoms with Crippen molar-refractivity contribution >= 4 is 32.4 Å². The molecule has 0 fully saturated rings. The molecule has 4 heteroatoms. The molecule has 2 aliphatic carbocycles. The molecule has 130 valence electrons. The Kier molecular flexibility index (Phi) is 33.1. The Morgan fingerprint density at radius 3 is 1.18 bits per heavy atom. The molecule has 0 unspecified atom stereocenters. The van der Waals surface area contributed by atoms with Crippen LogP contribution in [0.25, 0.3) is 0 Å². The van der Waals surface area contributed by atoms with Crippen molar-refractivity contribution in [3.8, 4) is 0 Å². The van der Waals surface area contributed by atoms with Crippen LogP contribution in [0.15, 0.2) is 35.5 Å². The number of rotatable bonds is 2. The Bertz CT molecular complexity index is 322. The van der Waals surface area contributed by atoms with Gasteiger partial charge in [0.05, 0.1) is 0 Å². The van der Waals surface area contributed by atoms with E-state index in [1.807, 2.05) is 26.8 Å². The van der Waals surface area contributed by atoms with Crippen LogP contribution in [0.4, 0.5) is 0 Å². The molecule has 0 N–H and O–H groups in total. The summed E-state index contributed by atoms with van der Waals surface area (Å²) in [6, 6.07) is 0. The predicted molar refractivity (Wildman–Crippen MR) is 107 cm³/mol. The zero-order valence-corrected chi connectivity index (χ0v) is 19.5. The van der Waals surface area contributed by atoms with Gasteiger partial charge in [-0.25, -0.2) is 23.3 Å². The number of allylic oxidation sites excluding steroid dienone is 8. The molecule has 0 aromatic rings. The fourth-order valence-electron chi connectivity index (χ4n) is 1.64. The first-order chi connectivity index (χ1) is 8.61. The quantitative estimate of drug-likeness (QED) is 0.429. The van der Waals surface area contributed by atoms with Gasteiger partial charge in [-0.1, -0.05) is 39.5 Å². The van der Waals surface area contributed by atoms with Gasteiger partial charge in [0, 0.05) is 0 Å². The Hall–Kier alpha value is 0.471. The molecule has 0 aromatic heterocycles. The summed E-state index contributed by atoms with van der Waals surface area (Å²) in [5, 5.41) is 0. The maximum absolute atomic E-state index is 3.26. The molecule has 2 rings (SSSR count). The Morgan fingerprint density at radius 2 is 1.09 bits per heavy atom. The third-order valence-corrected chi connectivity index (χ3v) is 2.69. The number of hydrogen-bond acceptors (Lipinski definition) is 0. The Morgan fingerprint density at radius 1 is 0.818 bits per heavy atom. The normalized spacial score (nSPS) is 13.0. The van der Waals surface area contributed by atoms with E-state index >= 15 is 0 Å². The van der Waals surface area contributed by atoms with Crippen LogP contribution in [0.3, 0.4) is 0 Å². The molecule has 0 bridgehead atoms. The van der Waals surface area contributed by atoms with E-state index in [0.717, 1.165) is 12.8 Å². The molecule has 0 saturated carbocycles. The van der Waals surface area contributed by atoms with Gasteiger partial charge in [0.25, 0.3) is 0 Å². The van der Waals surface area contributed by atoms with Crippen LogP contribution < -0.4 is 0 Å². The van der Waals surface area contributed by atoms with Crippen molar-refractivity contribution in [3.63, 3.8) is 0 Å².